The van der Waals surface area contributed by atoms with Gasteiger partial charge in [0.25, 0.3) is 0 Å². The molecule has 0 fully saturated rings. The van der Waals surface area contributed by atoms with Crippen molar-refractivity contribution in [3.8, 4) is 0 Å². The Hall–Kier alpha value is -1.94. The fourth-order valence-electron chi connectivity index (χ4n) is 10.6. The second-order valence-electron chi connectivity index (χ2n) is 26.0. The van der Waals surface area contributed by atoms with Gasteiger partial charge in [0.1, 0.15) is 19.3 Å². The van der Waals surface area contributed by atoms with E-state index in [1.165, 1.54) is 161 Å². The Morgan fingerprint density at radius 2 is 0.573 bits per heavy atom. The van der Waals surface area contributed by atoms with Crippen LogP contribution in [0.3, 0.4) is 0 Å². The fourth-order valence-corrected chi connectivity index (χ4v) is 12.1. The third-order valence-corrected chi connectivity index (χ3v) is 18.5. The summed E-state index contributed by atoms with van der Waals surface area (Å²) in [6, 6.07) is 0. The first-order valence-corrected chi connectivity index (χ1v) is 39.5. The van der Waals surface area contributed by atoms with Crippen LogP contribution in [0.5, 0.6) is 0 Å². The molecule has 0 aromatic heterocycles. The number of hydrogen-bond acceptors (Lipinski definition) is 15. The molecule has 0 heterocycles. The molecule has 3 N–H and O–H groups in total. The first-order chi connectivity index (χ1) is 42.9. The van der Waals surface area contributed by atoms with E-state index in [1.807, 2.05) is 0 Å². The van der Waals surface area contributed by atoms with Gasteiger partial charge in [-0.15, -0.1) is 0 Å². The average molecular weight is 1310 g/mol. The lowest BCUT2D eigenvalue weighted by molar-refractivity contribution is -0.161. The summed E-state index contributed by atoms with van der Waals surface area (Å²) in [5.74, 6) is -0.640. The fraction of sp³-hybridized carbons (Fsp3) is 0.943. The molecule has 0 rings (SSSR count). The first kappa shape index (κ1) is 87.1. The van der Waals surface area contributed by atoms with E-state index in [0.717, 1.165) is 115 Å². The number of aliphatic hydroxyl groups is 1. The first-order valence-electron chi connectivity index (χ1n) is 36.5. The van der Waals surface area contributed by atoms with Crippen LogP contribution in [0.25, 0.3) is 0 Å². The van der Waals surface area contributed by atoms with Crippen molar-refractivity contribution in [3.63, 3.8) is 0 Å². The Labute approximate surface area is 543 Å². The van der Waals surface area contributed by atoms with Crippen molar-refractivity contribution in [2.24, 2.45) is 11.8 Å². The van der Waals surface area contributed by atoms with E-state index in [9.17, 15) is 43.2 Å². The van der Waals surface area contributed by atoms with Crippen LogP contribution >= 0.6 is 15.6 Å². The van der Waals surface area contributed by atoms with Crippen LogP contribution in [0.1, 0.15) is 356 Å². The summed E-state index contributed by atoms with van der Waals surface area (Å²) in [7, 11) is -9.89. The maximum absolute atomic E-state index is 13.0. The zero-order valence-corrected chi connectivity index (χ0v) is 59.5. The largest absolute Gasteiger partial charge is 0.472 e. The highest BCUT2D eigenvalue weighted by molar-refractivity contribution is 7.47. The van der Waals surface area contributed by atoms with Gasteiger partial charge in [0.05, 0.1) is 26.4 Å². The lowest BCUT2D eigenvalue weighted by atomic mass is 10.00. The maximum atomic E-state index is 13.0. The molecule has 0 aliphatic rings. The van der Waals surface area contributed by atoms with E-state index in [1.54, 1.807) is 0 Å². The maximum Gasteiger partial charge on any atom is 0.472 e. The number of hydrogen-bond donors (Lipinski definition) is 3. The van der Waals surface area contributed by atoms with Crippen molar-refractivity contribution in [3.05, 3.63) is 0 Å². The molecule has 0 aromatic carbocycles. The van der Waals surface area contributed by atoms with Gasteiger partial charge in [0, 0.05) is 25.7 Å². The van der Waals surface area contributed by atoms with Crippen LogP contribution in [-0.2, 0) is 65.4 Å². The van der Waals surface area contributed by atoms with Crippen LogP contribution in [-0.4, -0.2) is 96.7 Å². The van der Waals surface area contributed by atoms with Crippen LogP contribution in [0, 0.1) is 11.8 Å². The number of rotatable bonds is 69. The minimum absolute atomic E-state index is 0.103. The van der Waals surface area contributed by atoms with Gasteiger partial charge in [-0.3, -0.25) is 37.3 Å². The van der Waals surface area contributed by atoms with E-state index in [4.69, 9.17) is 37.0 Å². The summed E-state index contributed by atoms with van der Waals surface area (Å²) in [4.78, 5) is 72.4. The zero-order chi connectivity index (χ0) is 65.7. The Balaban J connectivity index is 5.19. The van der Waals surface area contributed by atoms with Crippen molar-refractivity contribution in [2.75, 3.05) is 39.6 Å². The summed E-state index contributed by atoms with van der Waals surface area (Å²) < 4.78 is 68.2. The van der Waals surface area contributed by atoms with Gasteiger partial charge in [0.2, 0.25) is 0 Å². The number of unbranched alkanes of at least 4 members (excludes halogenated alkanes) is 38. The lowest BCUT2D eigenvalue weighted by Crippen LogP contribution is -2.30. The van der Waals surface area contributed by atoms with E-state index in [2.05, 4.69) is 41.5 Å². The van der Waals surface area contributed by atoms with Crippen LogP contribution < -0.4 is 0 Å². The molecule has 0 aliphatic heterocycles. The van der Waals surface area contributed by atoms with Gasteiger partial charge < -0.3 is 33.8 Å². The van der Waals surface area contributed by atoms with Crippen molar-refractivity contribution < 1.29 is 80.2 Å². The molecule has 6 atom stereocenters. The molecule has 3 unspecified atom stereocenters. The van der Waals surface area contributed by atoms with Gasteiger partial charge in [0.15, 0.2) is 12.2 Å². The molecule has 0 aliphatic carbocycles. The number of phosphoric acid groups is 2. The monoisotopic (exact) mass is 1310 g/mol. The molecule has 0 bridgehead atoms. The number of carbonyl (C=O) groups is 4. The topological polar surface area (TPSA) is 237 Å². The average Bonchev–Trinajstić information content (AvgIpc) is 3.71. The summed E-state index contributed by atoms with van der Waals surface area (Å²) in [5, 5.41) is 10.6. The van der Waals surface area contributed by atoms with Crippen molar-refractivity contribution in [2.45, 2.75) is 374 Å². The minimum atomic E-state index is -4.95. The lowest BCUT2D eigenvalue weighted by Gasteiger charge is -2.21. The van der Waals surface area contributed by atoms with E-state index in [-0.39, 0.29) is 25.7 Å². The Morgan fingerprint density at radius 3 is 0.854 bits per heavy atom. The van der Waals surface area contributed by atoms with E-state index >= 15 is 0 Å². The van der Waals surface area contributed by atoms with Gasteiger partial charge in [-0.05, 0) is 37.5 Å². The van der Waals surface area contributed by atoms with Gasteiger partial charge in [-0.25, -0.2) is 9.13 Å². The van der Waals surface area contributed by atoms with Crippen LogP contribution in [0.4, 0.5) is 0 Å². The van der Waals surface area contributed by atoms with Crippen LogP contribution in [0.15, 0.2) is 0 Å². The normalized spacial score (nSPS) is 14.4. The summed E-state index contributed by atoms with van der Waals surface area (Å²) >= 11 is 0. The predicted octanol–water partition coefficient (Wildman–Crippen LogP) is 20.0. The highest BCUT2D eigenvalue weighted by Gasteiger charge is 2.30. The number of phosphoric ester groups is 2. The SMILES string of the molecule is CCCCCCCCCCCCCCCCCCCCC(=O)O[C@H](COC(=O)CCCCCCCCCCCCCC(C)C)COP(=O)(O)OC[C@@H](O)COP(=O)(O)OC[C@@H](COC(=O)CCCCCCCCC)OC(=O)CCCCCCCCC(C)CC. The van der Waals surface area contributed by atoms with Crippen LogP contribution in [0.2, 0.25) is 0 Å². The molecule has 0 radical (unpaired) electrons. The number of ether oxygens (including phenoxy) is 4. The molecule has 17 nitrogen and oxygen atoms in total. The summed E-state index contributed by atoms with van der Waals surface area (Å²) in [5.41, 5.74) is 0. The standard InChI is InChI=1S/C70H136O17P2/c1-7-10-12-14-16-17-18-19-20-21-22-23-24-27-31-35-42-48-54-69(74)86-65(59-81-68(73)53-47-41-34-30-28-25-26-29-33-38-44-50-62(4)5)60-84-88(76,77)82-56-64(71)57-83-89(78,79)85-61-66(58-80-67(72)52-46-40-32-15-13-11-8-2)87-70(75)55-49-43-37-36-39-45-51-63(6)9-3/h62-66,71H,7-61H2,1-6H3,(H,76,77)(H,78,79)/t63?,64-,65-,66-/m1/s1. The molecule has 0 aromatic rings. The summed E-state index contributed by atoms with van der Waals surface area (Å²) in [6.45, 7) is 9.46. The minimum Gasteiger partial charge on any atom is -0.462 e. The molecular weight excluding hydrogens is 1170 g/mol. The summed E-state index contributed by atoms with van der Waals surface area (Å²) in [6.07, 6.45) is 47.4. The number of carbonyl (C=O) groups excluding carboxylic acids is 4. The highest BCUT2D eigenvalue weighted by Crippen LogP contribution is 2.45. The molecule has 19 heteroatoms. The van der Waals surface area contributed by atoms with Gasteiger partial charge in [-0.1, -0.05) is 305 Å². The predicted molar refractivity (Wildman–Crippen MR) is 358 cm³/mol. The van der Waals surface area contributed by atoms with Crippen molar-refractivity contribution >= 4 is 39.5 Å². The second-order valence-corrected chi connectivity index (χ2v) is 28.9. The molecule has 0 saturated heterocycles. The third kappa shape index (κ3) is 63.2. The highest BCUT2D eigenvalue weighted by atomic mass is 31.2. The molecular formula is C70H136O17P2. The van der Waals surface area contributed by atoms with Gasteiger partial charge >= 0.3 is 39.5 Å². The smallest absolute Gasteiger partial charge is 0.462 e. The Bertz CT molecular complexity index is 1740. The van der Waals surface area contributed by atoms with Gasteiger partial charge in [-0.2, -0.15) is 0 Å². The second kappa shape index (κ2) is 62.2. The number of aliphatic hydroxyl groups excluding tert-OH is 1. The zero-order valence-electron chi connectivity index (χ0n) is 57.7. The quantitative estimate of drug-likeness (QED) is 0.0222. The van der Waals surface area contributed by atoms with Crippen molar-refractivity contribution in [1.82, 2.24) is 0 Å². The Morgan fingerprint density at radius 1 is 0.326 bits per heavy atom. The molecule has 528 valence electrons. The molecule has 0 saturated carbocycles. The van der Waals surface area contributed by atoms with E-state index < -0.39 is 97.5 Å². The molecule has 89 heavy (non-hydrogen) atoms. The van der Waals surface area contributed by atoms with E-state index in [0.29, 0.717) is 25.7 Å². The molecule has 0 amide bonds. The van der Waals surface area contributed by atoms with Crippen molar-refractivity contribution in [1.29, 1.82) is 0 Å². The Kier molecular flexibility index (Phi) is 60.8. The number of esters is 4. The molecule has 0 spiro atoms. The third-order valence-electron chi connectivity index (χ3n) is 16.6.